The summed E-state index contributed by atoms with van der Waals surface area (Å²) in [4.78, 5) is 31.4. The van der Waals surface area contributed by atoms with E-state index in [9.17, 15) is 14.4 Å². The minimum absolute atomic E-state index is 0.0567. The van der Waals surface area contributed by atoms with Crippen molar-refractivity contribution in [1.82, 2.24) is 10.6 Å². The van der Waals surface area contributed by atoms with Gasteiger partial charge in [0, 0.05) is 0 Å². The molecule has 0 heterocycles. The minimum atomic E-state index is -1.14. The van der Waals surface area contributed by atoms with Gasteiger partial charge in [-0.05, 0) is 6.92 Å². The number of urea groups is 1. The van der Waals surface area contributed by atoms with Gasteiger partial charge in [-0.1, -0.05) is 0 Å². The van der Waals surface area contributed by atoms with E-state index >= 15 is 0 Å². The first-order valence-corrected chi connectivity index (χ1v) is 4.13. The quantitative estimate of drug-likeness (QED) is 0.434. The molecule has 5 N–H and O–H groups in total. The van der Waals surface area contributed by atoms with Gasteiger partial charge in [-0.15, -0.1) is 0 Å². The van der Waals surface area contributed by atoms with Gasteiger partial charge in [0.1, 0.15) is 12.6 Å². The number of carboxylic acids is 1. The summed E-state index contributed by atoms with van der Waals surface area (Å²) < 4.78 is 4.32. The van der Waals surface area contributed by atoms with Crippen molar-refractivity contribution < 1.29 is 24.2 Å². The number of carbonyl (C=O) groups is 3. The SMILES string of the molecule is C[C@H](NC(=O)NCCOC(N)=O)C(=O)O. The number of amides is 3. The number of hydrogen-bond donors (Lipinski definition) is 4. The maximum Gasteiger partial charge on any atom is 0.404 e. The van der Waals surface area contributed by atoms with Gasteiger partial charge in [0.15, 0.2) is 0 Å². The van der Waals surface area contributed by atoms with Crippen LogP contribution in [0.15, 0.2) is 0 Å². The minimum Gasteiger partial charge on any atom is -0.480 e. The van der Waals surface area contributed by atoms with E-state index in [-0.39, 0.29) is 13.2 Å². The first kappa shape index (κ1) is 13.0. The van der Waals surface area contributed by atoms with Gasteiger partial charge in [-0.2, -0.15) is 0 Å². The molecule has 8 nitrogen and oxygen atoms in total. The van der Waals surface area contributed by atoms with Crippen LogP contribution in [0.1, 0.15) is 6.92 Å². The van der Waals surface area contributed by atoms with E-state index in [4.69, 9.17) is 5.11 Å². The third-order valence-electron chi connectivity index (χ3n) is 1.35. The number of rotatable bonds is 5. The van der Waals surface area contributed by atoms with Crippen molar-refractivity contribution >= 4 is 18.1 Å². The molecule has 86 valence electrons. The molecule has 3 amide bonds. The number of carbonyl (C=O) groups excluding carboxylic acids is 2. The third kappa shape index (κ3) is 7.11. The molecule has 0 unspecified atom stereocenters. The van der Waals surface area contributed by atoms with Crippen LogP contribution in [-0.2, 0) is 9.53 Å². The maximum absolute atomic E-state index is 10.9. The van der Waals surface area contributed by atoms with Gasteiger partial charge in [0.05, 0.1) is 6.54 Å². The lowest BCUT2D eigenvalue weighted by Crippen LogP contribution is -2.45. The van der Waals surface area contributed by atoms with E-state index in [2.05, 4.69) is 21.1 Å². The predicted molar refractivity (Wildman–Crippen MR) is 49.2 cm³/mol. The molecule has 1 atom stereocenters. The smallest absolute Gasteiger partial charge is 0.404 e. The molecule has 0 spiro atoms. The maximum atomic E-state index is 10.9. The van der Waals surface area contributed by atoms with Gasteiger partial charge in [0.2, 0.25) is 0 Å². The van der Waals surface area contributed by atoms with Crippen molar-refractivity contribution in [3.8, 4) is 0 Å². The molecule has 0 bridgehead atoms. The normalized spacial score (nSPS) is 11.3. The monoisotopic (exact) mass is 219 g/mol. The van der Waals surface area contributed by atoms with Crippen molar-refractivity contribution in [3.05, 3.63) is 0 Å². The van der Waals surface area contributed by atoms with Crippen LogP contribution in [0, 0.1) is 0 Å². The number of aliphatic carboxylic acids is 1. The molecule has 0 aliphatic rings. The fourth-order valence-electron chi connectivity index (χ4n) is 0.626. The van der Waals surface area contributed by atoms with Crippen molar-refractivity contribution in [3.63, 3.8) is 0 Å². The largest absolute Gasteiger partial charge is 0.480 e. The zero-order valence-corrected chi connectivity index (χ0v) is 8.15. The van der Waals surface area contributed by atoms with Crippen LogP contribution in [0.3, 0.4) is 0 Å². The van der Waals surface area contributed by atoms with E-state index in [0.717, 1.165) is 0 Å². The highest BCUT2D eigenvalue weighted by molar-refractivity contribution is 5.82. The summed E-state index contributed by atoms with van der Waals surface area (Å²) in [5.41, 5.74) is 4.66. The lowest BCUT2D eigenvalue weighted by atomic mass is 10.3. The fraction of sp³-hybridized carbons (Fsp3) is 0.571. The average Bonchev–Trinajstić information content (AvgIpc) is 2.12. The Morgan fingerprint density at radius 1 is 1.47 bits per heavy atom. The Labute approximate surface area is 85.8 Å². The fourth-order valence-corrected chi connectivity index (χ4v) is 0.626. The Kier molecular flexibility index (Phi) is 5.60. The summed E-state index contributed by atoms with van der Waals surface area (Å²) in [6.45, 7) is 1.31. The predicted octanol–water partition coefficient (Wildman–Crippen LogP) is -1.15. The molecule has 0 saturated heterocycles. The zero-order valence-electron chi connectivity index (χ0n) is 8.15. The van der Waals surface area contributed by atoms with Crippen molar-refractivity contribution in [1.29, 1.82) is 0 Å². The first-order valence-electron chi connectivity index (χ1n) is 4.13. The summed E-state index contributed by atoms with van der Waals surface area (Å²) in [6, 6.07) is -1.64. The molecule has 0 rings (SSSR count). The second kappa shape index (κ2) is 6.46. The lowest BCUT2D eigenvalue weighted by Gasteiger charge is -2.10. The summed E-state index contributed by atoms with van der Waals surface area (Å²) in [7, 11) is 0. The summed E-state index contributed by atoms with van der Waals surface area (Å²) in [5, 5.41) is 12.9. The van der Waals surface area contributed by atoms with E-state index in [1.54, 1.807) is 0 Å². The molecule has 8 heteroatoms. The molecule has 15 heavy (non-hydrogen) atoms. The molecule has 0 radical (unpaired) electrons. The molecule has 0 aliphatic heterocycles. The van der Waals surface area contributed by atoms with E-state index in [1.807, 2.05) is 0 Å². The van der Waals surface area contributed by atoms with E-state index in [1.165, 1.54) is 6.92 Å². The first-order chi connectivity index (χ1) is 6.93. The van der Waals surface area contributed by atoms with Gasteiger partial charge in [-0.3, -0.25) is 4.79 Å². The highest BCUT2D eigenvalue weighted by atomic mass is 16.5. The van der Waals surface area contributed by atoms with E-state index in [0.29, 0.717) is 0 Å². The molecule has 0 aromatic carbocycles. The standard InChI is InChI=1S/C7H13N3O5/c1-4(5(11)12)10-7(14)9-2-3-15-6(8)13/h4H,2-3H2,1H3,(H2,8,13)(H,11,12)(H2,9,10,14)/t4-/m0/s1. The van der Waals surface area contributed by atoms with Crippen molar-refractivity contribution in [2.24, 2.45) is 5.73 Å². The number of carboxylic acid groups (broad SMARTS) is 1. The Morgan fingerprint density at radius 3 is 2.53 bits per heavy atom. The van der Waals surface area contributed by atoms with Crippen LogP contribution in [-0.4, -0.2) is 42.4 Å². The second-order valence-electron chi connectivity index (χ2n) is 2.63. The van der Waals surface area contributed by atoms with Crippen LogP contribution in [0.4, 0.5) is 9.59 Å². The molecule has 0 saturated carbocycles. The molecule has 0 fully saturated rings. The number of ether oxygens (including phenoxy) is 1. The molecular formula is C7H13N3O5. The molecule has 0 aliphatic carbocycles. The van der Waals surface area contributed by atoms with Crippen LogP contribution in [0.2, 0.25) is 0 Å². The summed E-state index contributed by atoms with van der Waals surface area (Å²) in [6.07, 6.45) is -0.934. The van der Waals surface area contributed by atoms with Gasteiger partial charge >= 0.3 is 18.1 Å². The summed E-state index contributed by atoms with van der Waals surface area (Å²) in [5.74, 6) is -1.14. The molecule has 0 aromatic heterocycles. The second-order valence-corrected chi connectivity index (χ2v) is 2.63. The Morgan fingerprint density at radius 2 is 2.07 bits per heavy atom. The van der Waals surface area contributed by atoms with Gasteiger partial charge in [0.25, 0.3) is 0 Å². The van der Waals surface area contributed by atoms with Crippen LogP contribution in [0.25, 0.3) is 0 Å². The van der Waals surface area contributed by atoms with Crippen molar-refractivity contribution in [2.75, 3.05) is 13.2 Å². The third-order valence-corrected chi connectivity index (χ3v) is 1.35. The van der Waals surface area contributed by atoms with Crippen molar-refractivity contribution in [2.45, 2.75) is 13.0 Å². The number of nitrogens with one attached hydrogen (secondary N) is 2. The number of hydrogen-bond acceptors (Lipinski definition) is 4. The molecular weight excluding hydrogens is 206 g/mol. The van der Waals surface area contributed by atoms with Gasteiger partial charge in [-0.25, -0.2) is 9.59 Å². The highest BCUT2D eigenvalue weighted by Gasteiger charge is 2.12. The number of primary amides is 1. The average molecular weight is 219 g/mol. The molecule has 0 aromatic rings. The Hall–Kier alpha value is -1.99. The zero-order chi connectivity index (χ0) is 11.8. The van der Waals surface area contributed by atoms with Crippen LogP contribution < -0.4 is 16.4 Å². The van der Waals surface area contributed by atoms with Gasteiger partial charge < -0.3 is 26.2 Å². The number of nitrogens with two attached hydrogens (primary N) is 1. The Bertz CT molecular complexity index is 255. The van der Waals surface area contributed by atoms with E-state index < -0.39 is 24.1 Å². The topological polar surface area (TPSA) is 131 Å². The highest BCUT2D eigenvalue weighted by Crippen LogP contribution is 1.80. The summed E-state index contributed by atoms with van der Waals surface area (Å²) >= 11 is 0. The van der Waals surface area contributed by atoms with Crippen LogP contribution >= 0.6 is 0 Å². The Balaban J connectivity index is 3.58. The lowest BCUT2D eigenvalue weighted by molar-refractivity contribution is -0.138. The van der Waals surface area contributed by atoms with Crippen LogP contribution in [0.5, 0.6) is 0 Å².